The molecule has 0 N–H and O–H groups in total. The first-order valence-electron chi connectivity index (χ1n) is 5.97. The van der Waals surface area contributed by atoms with Gasteiger partial charge in [0, 0.05) is 6.54 Å². The molecule has 0 atom stereocenters. The summed E-state index contributed by atoms with van der Waals surface area (Å²) >= 11 is 9.65. The maximum atomic E-state index is 6.16. The quantitative estimate of drug-likeness (QED) is 0.835. The second kappa shape index (κ2) is 6.07. The van der Waals surface area contributed by atoms with E-state index in [9.17, 15) is 0 Å². The van der Waals surface area contributed by atoms with Gasteiger partial charge in [-0.1, -0.05) is 11.6 Å². The molecular formula is C13H17BrClNO. The van der Waals surface area contributed by atoms with E-state index in [4.69, 9.17) is 16.3 Å². The van der Waals surface area contributed by atoms with E-state index in [2.05, 4.69) is 20.8 Å². The van der Waals surface area contributed by atoms with Crippen molar-refractivity contribution < 1.29 is 4.74 Å². The molecule has 1 heterocycles. The molecule has 0 aliphatic carbocycles. The smallest absolute Gasteiger partial charge is 0.152 e. The lowest BCUT2D eigenvalue weighted by atomic mass is 10.2. The van der Waals surface area contributed by atoms with Crippen molar-refractivity contribution in [2.45, 2.75) is 19.8 Å². The minimum atomic E-state index is 0.679. The summed E-state index contributed by atoms with van der Waals surface area (Å²) < 4.78 is 6.70. The van der Waals surface area contributed by atoms with E-state index >= 15 is 0 Å². The van der Waals surface area contributed by atoms with E-state index < -0.39 is 0 Å². The van der Waals surface area contributed by atoms with Gasteiger partial charge < -0.3 is 4.74 Å². The fourth-order valence-corrected chi connectivity index (χ4v) is 3.24. The van der Waals surface area contributed by atoms with Crippen LogP contribution in [0.3, 0.4) is 0 Å². The van der Waals surface area contributed by atoms with Gasteiger partial charge in [-0.2, -0.15) is 0 Å². The molecule has 4 heteroatoms. The first-order chi connectivity index (χ1) is 8.16. The Kier molecular flexibility index (Phi) is 4.71. The van der Waals surface area contributed by atoms with Crippen LogP contribution in [0.15, 0.2) is 16.6 Å². The van der Waals surface area contributed by atoms with Crippen molar-refractivity contribution in [1.29, 1.82) is 0 Å². The predicted octanol–water partition coefficient (Wildman–Crippen LogP) is 3.89. The van der Waals surface area contributed by atoms with E-state index in [-0.39, 0.29) is 0 Å². The maximum Gasteiger partial charge on any atom is 0.152 e. The monoisotopic (exact) mass is 317 g/mol. The SMILES string of the molecule is Cc1cc(Cl)c(OCCN2CCCC2)c(Br)c1. The molecule has 0 radical (unpaired) electrons. The third-order valence-corrected chi connectivity index (χ3v) is 3.87. The number of hydrogen-bond donors (Lipinski definition) is 0. The van der Waals surface area contributed by atoms with Gasteiger partial charge in [-0.25, -0.2) is 0 Å². The van der Waals surface area contributed by atoms with Gasteiger partial charge in [0.05, 0.1) is 9.50 Å². The molecule has 94 valence electrons. The van der Waals surface area contributed by atoms with Gasteiger partial charge in [-0.3, -0.25) is 4.90 Å². The number of ether oxygens (including phenoxy) is 1. The van der Waals surface area contributed by atoms with E-state index in [1.165, 1.54) is 25.9 Å². The normalized spacial score (nSPS) is 16.4. The fourth-order valence-electron chi connectivity index (χ4n) is 2.11. The highest BCUT2D eigenvalue weighted by Gasteiger charge is 2.12. The molecule has 1 saturated heterocycles. The van der Waals surface area contributed by atoms with Gasteiger partial charge in [0.2, 0.25) is 0 Å². The Labute approximate surface area is 116 Å². The number of nitrogens with zero attached hydrogens (tertiary/aromatic N) is 1. The van der Waals surface area contributed by atoms with Crippen molar-refractivity contribution in [3.05, 3.63) is 27.2 Å². The van der Waals surface area contributed by atoms with Crippen LogP contribution in [0.5, 0.6) is 5.75 Å². The summed E-state index contributed by atoms with van der Waals surface area (Å²) in [6.45, 7) is 6.10. The molecule has 0 unspecified atom stereocenters. The van der Waals surface area contributed by atoms with E-state index in [1.807, 2.05) is 19.1 Å². The number of benzene rings is 1. The lowest BCUT2D eigenvalue weighted by Crippen LogP contribution is -2.25. The molecular weight excluding hydrogens is 302 g/mol. The summed E-state index contributed by atoms with van der Waals surface area (Å²) in [5.74, 6) is 0.761. The van der Waals surface area contributed by atoms with Crippen molar-refractivity contribution in [2.75, 3.05) is 26.2 Å². The Bertz CT molecular complexity index is 368. The molecule has 2 nitrogen and oxygen atoms in total. The second-order valence-electron chi connectivity index (χ2n) is 4.45. The van der Waals surface area contributed by atoms with Crippen molar-refractivity contribution >= 4 is 27.5 Å². The molecule has 1 aromatic rings. The Balaban J connectivity index is 1.89. The van der Waals surface area contributed by atoms with Gasteiger partial charge in [0.1, 0.15) is 6.61 Å². The lowest BCUT2D eigenvalue weighted by molar-refractivity contribution is 0.237. The van der Waals surface area contributed by atoms with Gasteiger partial charge in [0.25, 0.3) is 0 Å². The average molecular weight is 319 g/mol. The molecule has 1 fully saturated rings. The second-order valence-corrected chi connectivity index (χ2v) is 5.72. The number of likely N-dealkylation sites (tertiary alicyclic amines) is 1. The molecule has 1 aliphatic rings. The molecule has 0 aromatic heterocycles. The molecule has 0 saturated carbocycles. The minimum Gasteiger partial charge on any atom is -0.490 e. The highest BCUT2D eigenvalue weighted by Crippen LogP contribution is 2.34. The van der Waals surface area contributed by atoms with Crippen molar-refractivity contribution in [3.8, 4) is 5.75 Å². The summed E-state index contributed by atoms with van der Waals surface area (Å²) in [5, 5.41) is 0.679. The highest BCUT2D eigenvalue weighted by molar-refractivity contribution is 9.10. The van der Waals surface area contributed by atoms with Crippen LogP contribution in [-0.4, -0.2) is 31.1 Å². The summed E-state index contributed by atoms with van der Waals surface area (Å²) in [7, 11) is 0. The molecule has 1 aromatic carbocycles. The average Bonchev–Trinajstić information content (AvgIpc) is 2.74. The zero-order valence-electron chi connectivity index (χ0n) is 10.0. The first kappa shape index (κ1) is 13.2. The Hall–Kier alpha value is -0.250. The molecule has 2 rings (SSSR count). The molecule has 0 bridgehead atoms. The van der Waals surface area contributed by atoms with Crippen LogP contribution in [0.2, 0.25) is 5.02 Å². The molecule has 0 amide bonds. The number of hydrogen-bond acceptors (Lipinski definition) is 2. The maximum absolute atomic E-state index is 6.16. The van der Waals surface area contributed by atoms with Gasteiger partial charge in [0.15, 0.2) is 5.75 Å². The van der Waals surface area contributed by atoms with Crippen LogP contribution in [0.4, 0.5) is 0 Å². The topological polar surface area (TPSA) is 12.5 Å². The van der Waals surface area contributed by atoms with E-state index in [1.54, 1.807) is 0 Å². The summed E-state index contributed by atoms with van der Waals surface area (Å²) in [4.78, 5) is 2.43. The summed E-state index contributed by atoms with van der Waals surface area (Å²) in [5.41, 5.74) is 1.13. The van der Waals surface area contributed by atoms with Crippen LogP contribution in [0, 0.1) is 6.92 Å². The molecule has 1 aliphatic heterocycles. The summed E-state index contributed by atoms with van der Waals surface area (Å²) in [6, 6.07) is 3.95. The third kappa shape index (κ3) is 3.60. The van der Waals surface area contributed by atoms with Crippen molar-refractivity contribution in [3.63, 3.8) is 0 Å². The van der Waals surface area contributed by atoms with E-state index in [0.29, 0.717) is 11.6 Å². The van der Waals surface area contributed by atoms with Crippen LogP contribution in [0.25, 0.3) is 0 Å². The molecule has 17 heavy (non-hydrogen) atoms. The van der Waals surface area contributed by atoms with Gasteiger partial charge in [-0.05, 0) is 66.5 Å². The Morgan fingerprint density at radius 2 is 2.06 bits per heavy atom. The van der Waals surface area contributed by atoms with Crippen LogP contribution < -0.4 is 4.74 Å². The highest BCUT2D eigenvalue weighted by atomic mass is 79.9. The van der Waals surface area contributed by atoms with Crippen molar-refractivity contribution in [2.24, 2.45) is 0 Å². The predicted molar refractivity (Wildman–Crippen MR) is 75.1 cm³/mol. The molecule has 0 spiro atoms. The zero-order chi connectivity index (χ0) is 12.3. The Morgan fingerprint density at radius 3 is 2.71 bits per heavy atom. The third-order valence-electron chi connectivity index (χ3n) is 3.00. The summed E-state index contributed by atoms with van der Waals surface area (Å²) in [6.07, 6.45) is 2.63. The fraction of sp³-hybridized carbons (Fsp3) is 0.538. The standard InChI is InChI=1S/C13H17BrClNO/c1-10-8-11(14)13(12(15)9-10)17-7-6-16-4-2-3-5-16/h8-9H,2-7H2,1H3. The van der Waals surface area contributed by atoms with Gasteiger partial charge in [-0.15, -0.1) is 0 Å². The van der Waals surface area contributed by atoms with Crippen molar-refractivity contribution in [1.82, 2.24) is 4.90 Å². The van der Waals surface area contributed by atoms with E-state index in [0.717, 1.165) is 22.3 Å². The van der Waals surface area contributed by atoms with Gasteiger partial charge >= 0.3 is 0 Å². The first-order valence-corrected chi connectivity index (χ1v) is 7.15. The lowest BCUT2D eigenvalue weighted by Gasteiger charge is -2.16. The van der Waals surface area contributed by atoms with Crippen LogP contribution in [-0.2, 0) is 0 Å². The largest absolute Gasteiger partial charge is 0.490 e. The Morgan fingerprint density at radius 1 is 1.35 bits per heavy atom. The van der Waals surface area contributed by atoms with Crippen LogP contribution in [0.1, 0.15) is 18.4 Å². The number of aryl methyl sites for hydroxylation is 1. The minimum absolute atomic E-state index is 0.679. The zero-order valence-corrected chi connectivity index (χ0v) is 12.4. The van der Waals surface area contributed by atoms with Crippen LogP contribution >= 0.6 is 27.5 Å². The number of halogens is 2. The number of rotatable bonds is 4.